The van der Waals surface area contributed by atoms with E-state index in [1.54, 1.807) is 20.4 Å². The molecule has 1 heterocycles. The van der Waals surface area contributed by atoms with Gasteiger partial charge >= 0.3 is 0 Å². The van der Waals surface area contributed by atoms with Gasteiger partial charge in [0.15, 0.2) is 23.2 Å². The zero-order valence-electron chi connectivity index (χ0n) is 17.6. The number of rotatable bonds is 6. The zero-order chi connectivity index (χ0) is 21.6. The number of para-hydroxylation sites is 2. The number of hydrazone groups is 1. The van der Waals surface area contributed by atoms with E-state index in [0.29, 0.717) is 23.2 Å². The highest BCUT2D eigenvalue weighted by molar-refractivity contribution is 6.00. The predicted molar refractivity (Wildman–Crippen MR) is 124 cm³/mol. The first-order valence-corrected chi connectivity index (χ1v) is 9.78. The largest absolute Gasteiger partial charge is 0.493 e. The third-order valence-corrected chi connectivity index (χ3v) is 4.68. The van der Waals surface area contributed by atoms with Gasteiger partial charge in [0.05, 0.1) is 37.2 Å². The van der Waals surface area contributed by atoms with Crippen molar-refractivity contribution in [2.24, 2.45) is 10.1 Å². The number of hydrogen-bond acceptors (Lipinski definition) is 5. The molecule has 0 aliphatic heterocycles. The molecular formula is C24H23N5O2. The maximum Gasteiger partial charge on any atom is 0.190 e. The molecule has 0 spiro atoms. The smallest absolute Gasteiger partial charge is 0.190 e. The standard InChI is InChI=1S/C24H23N5O2/c1-16-8-11-18(12-9-16)26-24(23-27-19-6-4-5-7-20(19)28-23)29-25-15-17-10-13-21(30-2)22(14-17)31-3/h4-15H,1-3H3,(H,26,29)(H,27,28)/b25-15+. The van der Waals surface area contributed by atoms with Crippen LogP contribution in [0.5, 0.6) is 11.5 Å². The number of imidazole rings is 1. The highest BCUT2D eigenvalue weighted by Crippen LogP contribution is 2.26. The molecule has 1 aromatic heterocycles. The van der Waals surface area contributed by atoms with Gasteiger partial charge in [0, 0.05) is 0 Å². The molecule has 31 heavy (non-hydrogen) atoms. The molecule has 4 rings (SSSR count). The van der Waals surface area contributed by atoms with Crippen LogP contribution in [0.2, 0.25) is 0 Å². The maximum atomic E-state index is 5.35. The topological polar surface area (TPSA) is 83.9 Å². The van der Waals surface area contributed by atoms with Crippen molar-refractivity contribution in [2.45, 2.75) is 6.92 Å². The Morgan fingerprint density at radius 3 is 2.48 bits per heavy atom. The van der Waals surface area contributed by atoms with Crippen LogP contribution in [0.1, 0.15) is 17.0 Å². The summed E-state index contributed by atoms with van der Waals surface area (Å²) in [6.07, 6.45) is 1.69. The van der Waals surface area contributed by atoms with E-state index >= 15 is 0 Å². The highest BCUT2D eigenvalue weighted by atomic mass is 16.5. The summed E-state index contributed by atoms with van der Waals surface area (Å²) in [5.74, 6) is 2.41. The lowest BCUT2D eigenvalue weighted by molar-refractivity contribution is 0.355. The van der Waals surface area contributed by atoms with Crippen LogP contribution < -0.4 is 14.9 Å². The summed E-state index contributed by atoms with van der Waals surface area (Å²) in [7, 11) is 3.21. The Bertz CT molecular complexity index is 1210. The van der Waals surface area contributed by atoms with Crippen molar-refractivity contribution < 1.29 is 9.47 Å². The molecule has 7 heteroatoms. The number of benzene rings is 3. The summed E-state index contributed by atoms with van der Waals surface area (Å²) < 4.78 is 10.6. The lowest BCUT2D eigenvalue weighted by Crippen LogP contribution is -2.20. The van der Waals surface area contributed by atoms with Gasteiger partial charge in [-0.1, -0.05) is 29.8 Å². The molecule has 0 aliphatic carbocycles. The molecular weight excluding hydrogens is 390 g/mol. The lowest BCUT2D eigenvalue weighted by Gasteiger charge is -2.07. The van der Waals surface area contributed by atoms with Gasteiger partial charge in [-0.15, -0.1) is 0 Å². The van der Waals surface area contributed by atoms with Crippen LogP contribution in [0.4, 0.5) is 5.69 Å². The second-order valence-corrected chi connectivity index (χ2v) is 6.88. The van der Waals surface area contributed by atoms with Crippen LogP contribution in [0, 0.1) is 6.92 Å². The molecule has 0 saturated heterocycles. The second kappa shape index (κ2) is 9.13. The molecule has 3 aromatic carbocycles. The number of H-pyrrole nitrogens is 1. The average molecular weight is 413 g/mol. The van der Waals surface area contributed by atoms with Crippen LogP contribution in [0.3, 0.4) is 0 Å². The highest BCUT2D eigenvalue weighted by Gasteiger charge is 2.10. The molecule has 0 aliphatic rings. The minimum absolute atomic E-state index is 0.511. The molecule has 0 radical (unpaired) electrons. The first-order chi connectivity index (χ1) is 15.2. The molecule has 0 atom stereocenters. The third kappa shape index (κ3) is 4.72. The Kier molecular flexibility index (Phi) is 5.93. The third-order valence-electron chi connectivity index (χ3n) is 4.68. The van der Waals surface area contributed by atoms with E-state index in [9.17, 15) is 0 Å². The van der Waals surface area contributed by atoms with Gasteiger partial charge in [-0.3, -0.25) is 5.43 Å². The summed E-state index contributed by atoms with van der Waals surface area (Å²) in [6.45, 7) is 2.04. The lowest BCUT2D eigenvalue weighted by atomic mass is 10.2. The van der Waals surface area contributed by atoms with Crippen molar-refractivity contribution in [3.63, 3.8) is 0 Å². The number of aryl methyl sites for hydroxylation is 1. The van der Waals surface area contributed by atoms with E-state index in [1.165, 1.54) is 5.56 Å². The van der Waals surface area contributed by atoms with Gasteiger partial charge in [0.2, 0.25) is 0 Å². The van der Waals surface area contributed by atoms with Crippen molar-refractivity contribution in [1.82, 2.24) is 15.4 Å². The summed E-state index contributed by atoms with van der Waals surface area (Å²) >= 11 is 0. The molecule has 156 valence electrons. The first-order valence-electron chi connectivity index (χ1n) is 9.78. The van der Waals surface area contributed by atoms with E-state index in [4.69, 9.17) is 14.5 Å². The molecule has 0 bridgehead atoms. The Balaban J connectivity index is 1.64. The number of aromatic amines is 1. The number of aromatic nitrogens is 2. The monoisotopic (exact) mass is 413 g/mol. The molecule has 0 saturated carbocycles. The summed E-state index contributed by atoms with van der Waals surface area (Å²) in [4.78, 5) is 12.6. The zero-order valence-corrected chi connectivity index (χ0v) is 17.6. The van der Waals surface area contributed by atoms with Gasteiger partial charge in [0.25, 0.3) is 0 Å². The number of hydrogen-bond donors (Lipinski definition) is 2. The molecule has 0 amide bonds. The van der Waals surface area contributed by atoms with E-state index < -0.39 is 0 Å². The molecule has 0 fully saturated rings. The fourth-order valence-corrected chi connectivity index (χ4v) is 3.05. The number of nitrogens with zero attached hydrogens (tertiary/aromatic N) is 3. The van der Waals surface area contributed by atoms with E-state index in [2.05, 4.69) is 20.5 Å². The van der Waals surface area contributed by atoms with Gasteiger partial charge in [-0.25, -0.2) is 9.98 Å². The number of aliphatic imine (C=N–C) groups is 1. The van der Waals surface area contributed by atoms with Crippen molar-refractivity contribution >= 4 is 28.8 Å². The van der Waals surface area contributed by atoms with Crippen molar-refractivity contribution in [3.8, 4) is 11.5 Å². The number of amidine groups is 1. The Hall–Kier alpha value is -4.13. The Labute approximate surface area is 180 Å². The SMILES string of the molecule is COc1ccc(/C=N/NC(=Nc2ccc(C)cc2)c2nc3ccccc3[nH]2)cc1OC. The van der Waals surface area contributed by atoms with Crippen LogP contribution in [0.15, 0.2) is 76.8 Å². The predicted octanol–water partition coefficient (Wildman–Crippen LogP) is 4.59. The van der Waals surface area contributed by atoms with E-state index in [1.807, 2.05) is 73.7 Å². The Morgan fingerprint density at radius 1 is 0.968 bits per heavy atom. The molecule has 7 nitrogen and oxygen atoms in total. The van der Waals surface area contributed by atoms with Crippen LogP contribution in [-0.4, -0.2) is 36.2 Å². The molecule has 2 N–H and O–H groups in total. The number of methoxy groups -OCH3 is 2. The molecule has 0 unspecified atom stereocenters. The van der Waals surface area contributed by atoms with Gasteiger partial charge < -0.3 is 14.5 Å². The summed E-state index contributed by atoms with van der Waals surface area (Å²) in [5.41, 5.74) is 7.64. The normalized spacial score (nSPS) is 11.8. The minimum Gasteiger partial charge on any atom is -0.493 e. The summed E-state index contributed by atoms with van der Waals surface area (Å²) in [6, 6.07) is 21.4. The van der Waals surface area contributed by atoms with E-state index in [-0.39, 0.29) is 0 Å². The number of ether oxygens (including phenoxy) is 2. The van der Waals surface area contributed by atoms with Gasteiger partial charge in [-0.05, 0) is 55.0 Å². The van der Waals surface area contributed by atoms with Crippen molar-refractivity contribution in [2.75, 3.05) is 14.2 Å². The van der Waals surface area contributed by atoms with Crippen LogP contribution in [-0.2, 0) is 0 Å². The van der Waals surface area contributed by atoms with Crippen LogP contribution in [0.25, 0.3) is 11.0 Å². The van der Waals surface area contributed by atoms with Crippen LogP contribution >= 0.6 is 0 Å². The quantitative estimate of drug-likeness (QED) is 0.275. The van der Waals surface area contributed by atoms with Crippen molar-refractivity contribution in [1.29, 1.82) is 0 Å². The number of nitrogens with one attached hydrogen (secondary N) is 2. The first kappa shape index (κ1) is 20.2. The van der Waals surface area contributed by atoms with Gasteiger partial charge in [-0.2, -0.15) is 5.10 Å². The minimum atomic E-state index is 0.511. The van der Waals surface area contributed by atoms with Gasteiger partial charge in [0.1, 0.15) is 0 Å². The Morgan fingerprint density at radius 2 is 1.74 bits per heavy atom. The number of fused-ring (bicyclic) bond motifs is 1. The van der Waals surface area contributed by atoms with Crippen molar-refractivity contribution in [3.05, 3.63) is 83.7 Å². The fourth-order valence-electron chi connectivity index (χ4n) is 3.05. The maximum absolute atomic E-state index is 5.35. The summed E-state index contributed by atoms with van der Waals surface area (Å²) in [5, 5.41) is 4.37. The van der Waals surface area contributed by atoms with E-state index in [0.717, 1.165) is 22.3 Å². The molecule has 4 aromatic rings. The second-order valence-electron chi connectivity index (χ2n) is 6.88. The average Bonchev–Trinajstić information content (AvgIpc) is 3.24. The fraction of sp³-hybridized carbons (Fsp3) is 0.125.